The molecule has 0 atom stereocenters. The molecular formula is C25H28ClF3N6O3S. The molecule has 0 N–H and O–H groups in total. The van der Waals surface area contributed by atoms with Crippen molar-refractivity contribution in [3.63, 3.8) is 0 Å². The Labute approximate surface area is 229 Å². The van der Waals surface area contributed by atoms with Crippen molar-refractivity contribution in [2.45, 2.75) is 44.0 Å². The zero-order chi connectivity index (χ0) is 27.7. The number of hydrogen-bond acceptors (Lipinski definition) is 8. The number of aromatic nitrogens is 3. The topological polar surface area (TPSA) is 95.7 Å². The van der Waals surface area contributed by atoms with Crippen molar-refractivity contribution in [3.05, 3.63) is 59.0 Å². The first-order valence-corrected chi connectivity index (χ1v) is 14.5. The van der Waals surface area contributed by atoms with E-state index in [2.05, 4.69) is 31.9 Å². The van der Waals surface area contributed by atoms with Gasteiger partial charge in [-0.05, 0) is 62.8 Å². The maximum atomic E-state index is 13.9. The van der Waals surface area contributed by atoms with Gasteiger partial charge in [0.25, 0.3) is 5.89 Å². The highest BCUT2D eigenvalue weighted by atomic mass is 35.5. The Morgan fingerprint density at radius 1 is 1.15 bits per heavy atom. The largest absolute Gasteiger partial charge is 0.415 e. The Kier molecular flexibility index (Phi) is 8.13. The van der Waals surface area contributed by atoms with Gasteiger partial charge < -0.3 is 9.32 Å². The van der Waals surface area contributed by atoms with Gasteiger partial charge in [-0.15, -0.1) is 10.2 Å². The molecule has 2 saturated heterocycles. The van der Waals surface area contributed by atoms with Crippen molar-refractivity contribution in [1.29, 1.82) is 0 Å². The molecule has 1 aromatic carbocycles. The van der Waals surface area contributed by atoms with E-state index in [4.69, 9.17) is 16.0 Å². The number of piperidine rings is 1. The highest BCUT2D eigenvalue weighted by molar-refractivity contribution is 7.93. The summed E-state index contributed by atoms with van der Waals surface area (Å²) in [6.07, 6.45) is -0.595. The van der Waals surface area contributed by atoms with E-state index in [1.54, 1.807) is 6.07 Å². The van der Waals surface area contributed by atoms with E-state index >= 15 is 0 Å². The number of halogens is 4. The third kappa shape index (κ3) is 5.91. The molecule has 4 heterocycles. The summed E-state index contributed by atoms with van der Waals surface area (Å²) in [6.45, 7) is 6.37. The summed E-state index contributed by atoms with van der Waals surface area (Å²) >= 11 is 6.01. The Hall–Kier alpha value is -2.74. The molecule has 5 rings (SSSR count). The van der Waals surface area contributed by atoms with Crippen LogP contribution < -0.4 is 4.31 Å². The van der Waals surface area contributed by atoms with Gasteiger partial charge in [0, 0.05) is 25.3 Å². The van der Waals surface area contributed by atoms with Crippen molar-refractivity contribution in [3.8, 4) is 11.5 Å². The maximum absolute atomic E-state index is 13.9. The SMILES string of the molecule is CCN1CC(N2CCC(S(=O)(=O)N(Cc3ccc(-c4nnc(C(F)F)o4)cn3)c3ccc(F)c(Cl)c3)CC2)C1. The second-order valence-corrected chi connectivity index (χ2v) is 12.2. The molecule has 9 nitrogen and oxygen atoms in total. The summed E-state index contributed by atoms with van der Waals surface area (Å²) in [4.78, 5) is 9.01. The summed E-state index contributed by atoms with van der Waals surface area (Å²) < 4.78 is 73.5. The lowest BCUT2D eigenvalue weighted by atomic mass is 10.0. The van der Waals surface area contributed by atoms with Crippen LogP contribution in [0.5, 0.6) is 0 Å². The quantitative estimate of drug-likeness (QED) is 0.366. The Morgan fingerprint density at radius 2 is 1.90 bits per heavy atom. The van der Waals surface area contributed by atoms with Crippen LogP contribution in [0.4, 0.5) is 18.9 Å². The van der Waals surface area contributed by atoms with E-state index in [0.29, 0.717) is 43.2 Å². The molecule has 2 aliphatic heterocycles. The average molecular weight is 585 g/mol. The number of rotatable bonds is 9. The zero-order valence-corrected chi connectivity index (χ0v) is 22.8. The average Bonchev–Trinajstić information content (AvgIpc) is 3.40. The third-order valence-electron chi connectivity index (χ3n) is 7.30. The molecule has 0 spiro atoms. The lowest BCUT2D eigenvalue weighted by Crippen LogP contribution is -2.61. The molecule has 14 heteroatoms. The highest BCUT2D eigenvalue weighted by Gasteiger charge is 2.39. The second kappa shape index (κ2) is 11.4. The Balaban J connectivity index is 1.35. The predicted octanol–water partition coefficient (Wildman–Crippen LogP) is 4.37. The first-order valence-electron chi connectivity index (χ1n) is 12.7. The van der Waals surface area contributed by atoms with Crippen LogP contribution in [0.25, 0.3) is 11.5 Å². The minimum Gasteiger partial charge on any atom is -0.415 e. The van der Waals surface area contributed by atoms with Crippen molar-refractivity contribution < 1.29 is 26.0 Å². The van der Waals surface area contributed by atoms with Crippen LogP contribution >= 0.6 is 11.6 Å². The Morgan fingerprint density at radius 3 is 2.49 bits per heavy atom. The van der Waals surface area contributed by atoms with Crippen molar-refractivity contribution in [1.82, 2.24) is 25.0 Å². The number of hydrogen-bond donors (Lipinski definition) is 0. The standard InChI is InChI=1S/C25H28ClF3N6O3S/c1-2-33-14-19(15-33)34-9-7-20(8-10-34)39(36,37)35(18-5-6-22(27)21(26)11-18)13-17-4-3-16(12-30-17)24-31-32-25(38-24)23(28)29/h3-6,11-12,19-20,23H,2,7-10,13-15H2,1H3. The molecule has 0 amide bonds. The number of benzene rings is 1. The highest BCUT2D eigenvalue weighted by Crippen LogP contribution is 2.32. The number of anilines is 1. The van der Waals surface area contributed by atoms with Gasteiger partial charge in [-0.3, -0.25) is 14.2 Å². The van der Waals surface area contributed by atoms with Crippen LogP contribution in [0, 0.1) is 5.82 Å². The molecule has 210 valence electrons. The van der Waals surface area contributed by atoms with Crippen molar-refractivity contribution in [2.75, 3.05) is 37.0 Å². The molecule has 2 fully saturated rings. The summed E-state index contributed by atoms with van der Waals surface area (Å²) in [5, 5.41) is 6.09. The van der Waals surface area contributed by atoms with Gasteiger partial charge >= 0.3 is 6.43 Å². The molecule has 3 aromatic rings. The number of sulfonamides is 1. The predicted molar refractivity (Wildman–Crippen MR) is 139 cm³/mol. The first-order chi connectivity index (χ1) is 18.7. The lowest BCUT2D eigenvalue weighted by molar-refractivity contribution is 0.0275. The van der Waals surface area contributed by atoms with E-state index in [9.17, 15) is 21.6 Å². The maximum Gasteiger partial charge on any atom is 0.314 e. The van der Waals surface area contributed by atoms with Gasteiger partial charge in [0.1, 0.15) is 5.82 Å². The summed E-state index contributed by atoms with van der Waals surface area (Å²) in [5.41, 5.74) is 0.913. The third-order valence-corrected chi connectivity index (χ3v) is 9.86. The number of likely N-dealkylation sites (N-methyl/N-ethyl adjacent to an activating group) is 1. The molecule has 0 bridgehead atoms. The molecule has 39 heavy (non-hydrogen) atoms. The monoisotopic (exact) mass is 584 g/mol. The fraction of sp³-hybridized carbons (Fsp3) is 0.480. The first kappa shape index (κ1) is 27.8. The van der Waals surface area contributed by atoms with Crippen LogP contribution in [-0.4, -0.2) is 77.4 Å². The molecule has 0 aliphatic carbocycles. The number of nitrogens with zero attached hydrogens (tertiary/aromatic N) is 6. The molecule has 0 radical (unpaired) electrons. The van der Waals surface area contributed by atoms with Crippen molar-refractivity contribution >= 4 is 27.3 Å². The number of likely N-dealkylation sites (tertiary alicyclic amines) is 2. The minimum absolute atomic E-state index is 0.126. The van der Waals surface area contributed by atoms with Crippen molar-refractivity contribution in [2.24, 2.45) is 0 Å². The van der Waals surface area contributed by atoms with E-state index in [-0.39, 0.29) is 23.1 Å². The van der Waals surface area contributed by atoms with Crippen LogP contribution in [0.2, 0.25) is 5.02 Å². The molecule has 2 aromatic heterocycles. The van der Waals surface area contributed by atoms with E-state index in [0.717, 1.165) is 25.7 Å². The summed E-state index contributed by atoms with van der Waals surface area (Å²) in [6, 6.07) is 7.33. The molecule has 0 unspecified atom stereocenters. The summed E-state index contributed by atoms with van der Waals surface area (Å²) in [7, 11) is -3.88. The fourth-order valence-corrected chi connectivity index (χ4v) is 7.01. The van der Waals surface area contributed by atoms with Gasteiger partial charge in [-0.2, -0.15) is 8.78 Å². The number of alkyl halides is 2. The Bertz CT molecular complexity index is 1390. The molecule has 2 aliphatic rings. The van der Waals surface area contributed by atoms with Gasteiger partial charge in [0.15, 0.2) is 0 Å². The zero-order valence-electron chi connectivity index (χ0n) is 21.2. The number of pyridine rings is 1. The molecule has 0 saturated carbocycles. The second-order valence-electron chi connectivity index (χ2n) is 9.68. The van der Waals surface area contributed by atoms with Gasteiger partial charge in [-0.25, -0.2) is 12.8 Å². The normalized spacial score (nSPS) is 18.0. The van der Waals surface area contributed by atoms with Crippen LogP contribution in [0.3, 0.4) is 0 Å². The molecular weight excluding hydrogens is 557 g/mol. The van der Waals surface area contributed by atoms with E-state index in [1.165, 1.54) is 28.7 Å². The van der Waals surface area contributed by atoms with Crippen LogP contribution in [-0.2, 0) is 16.6 Å². The smallest absolute Gasteiger partial charge is 0.314 e. The minimum atomic E-state index is -3.88. The summed E-state index contributed by atoms with van der Waals surface area (Å²) in [5.74, 6) is -1.58. The van der Waals surface area contributed by atoms with E-state index in [1.807, 2.05) is 0 Å². The van der Waals surface area contributed by atoms with Crippen LogP contribution in [0.1, 0.15) is 37.8 Å². The lowest BCUT2D eigenvalue weighted by Gasteiger charge is -2.47. The van der Waals surface area contributed by atoms with Gasteiger partial charge in [-0.1, -0.05) is 18.5 Å². The fourth-order valence-electron chi connectivity index (χ4n) is 4.95. The van der Waals surface area contributed by atoms with Crippen LogP contribution in [0.15, 0.2) is 40.9 Å². The van der Waals surface area contributed by atoms with Gasteiger partial charge in [0.05, 0.1) is 33.8 Å². The van der Waals surface area contributed by atoms with E-state index < -0.39 is 33.4 Å². The van der Waals surface area contributed by atoms with Gasteiger partial charge in [0.2, 0.25) is 15.9 Å².